The van der Waals surface area contributed by atoms with Crippen molar-refractivity contribution >= 4 is 27.5 Å². The molecule has 0 aliphatic carbocycles. The Kier molecular flexibility index (Phi) is 5.19. The highest BCUT2D eigenvalue weighted by Crippen LogP contribution is 2.24. The smallest absolute Gasteiger partial charge is 0.230 e. The maximum Gasteiger partial charge on any atom is 0.230 e. The van der Waals surface area contributed by atoms with Crippen molar-refractivity contribution in [1.29, 1.82) is 0 Å². The highest BCUT2D eigenvalue weighted by atomic mass is 32.2. The number of hydrogen-bond acceptors (Lipinski definition) is 8. The fourth-order valence-corrected chi connectivity index (χ4v) is 5.55. The van der Waals surface area contributed by atoms with Crippen molar-refractivity contribution in [2.45, 2.75) is 24.0 Å². The Balaban J connectivity index is 1.62. The summed E-state index contributed by atoms with van der Waals surface area (Å²) in [6.07, 6.45) is 0.426. The van der Waals surface area contributed by atoms with Gasteiger partial charge in [-0.25, -0.2) is 8.42 Å². The molecule has 1 aromatic carbocycles. The maximum absolute atomic E-state index is 12.2. The van der Waals surface area contributed by atoms with Crippen LogP contribution in [0.4, 0.5) is 0 Å². The standard InChI is InChI=1S/C15H19N5O4S2/c1-15(7-8-26(22,23)10-15)16-13(21)9-25-14-17-18-19-20(14)11-3-5-12(24-2)6-4-11/h3-6H,7-10H2,1-2H3,(H,16,21). The third-order valence-corrected chi connectivity index (χ3v) is 6.86. The molecule has 1 aromatic heterocycles. The van der Waals surface area contributed by atoms with Gasteiger partial charge in [0.05, 0.1) is 35.6 Å². The Morgan fingerprint density at radius 1 is 1.38 bits per heavy atom. The zero-order chi connectivity index (χ0) is 18.8. The highest BCUT2D eigenvalue weighted by molar-refractivity contribution is 7.99. The van der Waals surface area contributed by atoms with E-state index < -0.39 is 15.4 Å². The molecule has 1 aliphatic rings. The molecular formula is C15H19N5O4S2. The summed E-state index contributed by atoms with van der Waals surface area (Å²) in [4.78, 5) is 12.2. The number of methoxy groups -OCH3 is 1. The summed E-state index contributed by atoms with van der Waals surface area (Å²) < 4.78 is 29.9. The Morgan fingerprint density at radius 3 is 2.73 bits per heavy atom. The van der Waals surface area contributed by atoms with Crippen molar-refractivity contribution in [2.75, 3.05) is 24.4 Å². The van der Waals surface area contributed by atoms with Gasteiger partial charge < -0.3 is 10.1 Å². The van der Waals surface area contributed by atoms with E-state index in [0.717, 1.165) is 11.4 Å². The van der Waals surface area contributed by atoms with E-state index in [9.17, 15) is 13.2 Å². The molecule has 9 nitrogen and oxygen atoms in total. The minimum absolute atomic E-state index is 0.0278. The van der Waals surface area contributed by atoms with Crippen LogP contribution in [0.3, 0.4) is 0 Å². The van der Waals surface area contributed by atoms with Crippen LogP contribution in [-0.2, 0) is 14.6 Å². The van der Waals surface area contributed by atoms with Gasteiger partial charge >= 0.3 is 0 Å². The van der Waals surface area contributed by atoms with Gasteiger partial charge in [0.2, 0.25) is 11.1 Å². The molecular weight excluding hydrogens is 378 g/mol. The first-order chi connectivity index (χ1) is 12.3. The monoisotopic (exact) mass is 397 g/mol. The van der Waals surface area contributed by atoms with E-state index in [0.29, 0.717) is 11.6 Å². The zero-order valence-electron chi connectivity index (χ0n) is 14.4. The minimum Gasteiger partial charge on any atom is -0.497 e. The van der Waals surface area contributed by atoms with Crippen LogP contribution >= 0.6 is 11.8 Å². The average Bonchev–Trinajstić information content (AvgIpc) is 3.17. The third-order valence-electron chi connectivity index (χ3n) is 4.03. The van der Waals surface area contributed by atoms with E-state index in [1.807, 2.05) is 12.1 Å². The average molecular weight is 397 g/mol. The Bertz CT molecular complexity index is 897. The van der Waals surface area contributed by atoms with Crippen LogP contribution in [0.2, 0.25) is 0 Å². The largest absolute Gasteiger partial charge is 0.497 e. The summed E-state index contributed by atoms with van der Waals surface area (Å²) in [6.45, 7) is 1.75. The first-order valence-corrected chi connectivity index (χ1v) is 10.7. The van der Waals surface area contributed by atoms with Crippen LogP contribution in [0.15, 0.2) is 29.4 Å². The number of nitrogens with zero attached hydrogens (tertiary/aromatic N) is 4. The molecule has 1 aliphatic heterocycles. The van der Waals surface area contributed by atoms with Crippen molar-refractivity contribution in [3.8, 4) is 11.4 Å². The van der Waals surface area contributed by atoms with Gasteiger partial charge in [0, 0.05) is 0 Å². The number of thioether (sulfide) groups is 1. The molecule has 3 rings (SSSR count). The van der Waals surface area contributed by atoms with Gasteiger partial charge in [0.25, 0.3) is 0 Å². The normalized spacial score (nSPS) is 21.5. The van der Waals surface area contributed by atoms with E-state index in [-0.39, 0.29) is 23.2 Å². The van der Waals surface area contributed by atoms with Crippen molar-refractivity contribution in [1.82, 2.24) is 25.5 Å². The van der Waals surface area contributed by atoms with E-state index in [1.54, 1.807) is 26.2 Å². The van der Waals surface area contributed by atoms with E-state index in [4.69, 9.17) is 4.74 Å². The molecule has 2 aromatic rings. The predicted octanol–water partition coefficient (Wildman–Crippen LogP) is 0.456. The molecule has 1 N–H and O–H groups in total. The Morgan fingerprint density at radius 2 is 2.12 bits per heavy atom. The van der Waals surface area contributed by atoms with Crippen molar-refractivity contribution in [2.24, 2.45) is 0 Å². The first kappa shape index (κ1) is 18.6. The Hall–Kier alpha value is -2.14. The molecule has 2 heterocycles. The lowest BCUT2D eigenvalue weighted by Gasteiger charge is -2.23. The lowest BCUT2D eigenvalue weighted by Crippen LogP contribution is -2.47. The summed E-state index contributed by atoms with van der Waals surface area (Å²) >= 11 is 1.18. The van der Waals surface area contributed by atoms with Gasteiger partial charge in [0.15, 0.2) is 9.84 Å². The molecule has 1 atom stereocenters. The number of rotatable bonds is 6. The number of carbonyl (C=O) groups excluding carboxylic acids is 1. The molecule has 11 heteroatoms. The maximum atomic E-state index is 12.2. The molecule has 1 unspecified atom stereocenters. The lowest BCUT2D eigenvalue weighted by molar-refractivity contribution is -0.120. The number of benzene rings is 1. The summed E-state index contributed by atoms with van der Waals surface area (Å²) in [5.41, 5.74) is 0.0332. The minimum atomic E-state index is -3.07. The molecule has 0 radical (unpaired) electrons. The molecule has 0 bridgehead atoms. The summed E-state index contributed by atoms with van der Waals surface area (Å²) in [7, 11) is -1.49. The predicted molar refractivity (Wildman–Crippen MR) is 96.2 cm³/mol. The number of hydrogen-bond donors (Lipinski definition) is 1. The van der Waals surface area contributed by atoms with Gasteiger partial charge in [-0.05, 0) is 48.0 Å². The molecule has 1 amide bonds. The number of carbonyl (C=O) groups is 1. The molecule has 1 fully saturated rings. The highest BCUT2D eigenvalue weighted by Gasteiger charge is 2.39. The molecule has 26 heavy (non-hydrogen) atoms. The fraction of sp³-hybridized carbons (Fsp3) is 0.467. The summed E-state index contributed by atoms with van der Waals surface area (Å²) in [5.74, 6) is 0.632. The third kappa shape index (κ3) is 4.33. The van der Waals surface area contributed by atoms with Crippen LogP contribution in [0.5, 0.6) is 5.75 Å². The van der Waals surface area contributed by atoms with Crippen molar-refractivity contribution in [3.05, 3.63) is 24.3 Å². The van der Waals surface area contributed by atoms with Gasteiger partial charge in [-0.3, -0.25) is 4.79 Å². The van der Waals surface area contributed by atoms with E-state index >= 15 is 0 Å². The molecule has 0 saturated carbocycles. The quantitative estimate of drug-likeness (QED) is 0.699. The number of nitrogens with one attached hydrogen (secondary N) is 1. The number of ether oxygens (including phenoxy) is 1. The fourth-order valence-electron chi connectivity index (χ4n) is 2.77. The van der Waals surface area contributed by atoms with Crippen LogP contribution < -0.4 is 10.1 Å². The van der Waals surface area contributed by atoms with Crippen LogP contribution in [-0.4, -0.2) is 64.4 Å². The summed E-state index contributed by atoms with van der Waals surface area (Å²) in [5, 5.41) is 14.8. The SMILES string of the molecule is COc1ccc(-n2nnnc2SCC(=O)NC2(C)CCS(=O)(=O)C2)cc1. The zero-order valence-corrected chi connectivity index (χ0v) is 16.0. The van der Waals surface area contributed by atoms with Crippen molar-refractivity contribution in [3.63, 3.8) is 0 Å². The van der Waals surface area contributed by atoms with Crippen molar-refractivity contribution < 1.29 is 17.9 Å². The number of sulfone groups is 1. The van der Waals surface area contributed by atoms with Gasteiger partial charge in [-0.15, -0.1) is 5.10 Å². The first-order valence-electron chi connectivity index (χ1n) is 7.87. The van der Waals surface area contributed by atoms with Crippen LogP contribution in [0, 0.1) is 0 Å². The van der Waals surface area contributed by atoms with Gasteiger partial charge in [-0.1, -0.05) is 11.8 Å². The van der Waals surface area contributed by atoms with Crippen LogP contribution in [0.1, 0.15) is 13.3 Å². The molecule has 0 spiro atoms. The number of amides is 1. The van der Waals surface area contributed by atoms with Gasteiger partial charge in [0.1, 0.15) is 5.75 Å². The molecule has 1 saturated heterocycles. The summed E-state index contributed by atoms with van der Waals surface area (Å²) in [6, 6.07) is 7.20. The lowest BCUT2D eigenvalue weighted by atomic mass is 10.0. The topological polar surface area (TPSA) is 116 Å². The number of aromatic nitrogens is 4. The van der Waals surface area contributed by atoms with E-state index in [2.05, 4.69) is 20.8 Å². The second-order valence-corrected chi connectivity index (χ2v) is 9.44. The Labute approximate surface area is 155 Å². The second-order valence-electron chi connectivity index (χ2n) is 6.31. The van der Waals surface area contributed by atoms with Crippen LogP contribution in [0.25, 0.3) is 5.69 Å². The number of tetrazole rings is 1. The second kappa shape index (κ2) is 7.23. The molecule has 140 valence electrons. The van der Waals surface area contributed by atoms with Gasteiger partial charge in [-0.2, -0.15) is 4.68 Å². The van der Waals surface area contributed by atoms with E-state index in [1.165, 1.54) is 16.4 Å².